The van der Waals surface area contributed by atoms with E-state index in [4.69, 9.17) is 4.42 Å². The minimum Gasteiger partial charge on any atom is -0.469 e. The maximum absolute atomic E-state index is 12.7. The van der Waals surface area contributed by atoms with Gasteiger partial charge in [0.1, 0.15) is 5.76 Å². The van der Waals surface area contributed by atoms with Crippen molar-refractivity contribution in [3.8, 4) is 17.1 Å². The van der Waals surface area contributed by atoms with Crippen LogP contribution in [0.3, 0.4) is 0 Å². The van der Waals surface area contributed by atoms with Crippen LogP contribution < -0.4 is 0 Å². The number of thiophene rings is 1. The van der Waals surface area contributed by atoms with Gasteiger partial charge in [-0.25, -0.2) is 0 Å². The summed E-state index contributed by atoms with van der Waals surface area (Å²) < 4.78 is 7.42. The summed E-state index contributed by atoms with van der Waals surface area (Å²) in [5, 5.41) is 9.44. The molecule has 0 aliphatic heterocycles. The first kappa shape index (κ1) is 18.7. The van der Waals surface area contributed by atoms with E-state index in [-0.39, 0.29) is 5.78 Å². The molecule has 3 aromatic heterocycles. The van der Waals surface area contributed by atoms with Gasteiger partial charge in [0, 0.05) is 21.0 Å². The summed E-state index contributed by atoms with van der Waals surface area (Å²) >= 11 is 3.05. The highest BCUT2D eigenvalue weighted by Gasteiger charge is 2.20. The van der Waals surface area contributed by atoms with E-state index >= 15 is 0 Å². The Morgan fingerprint density at radius 3 is 2.57 bits per heavy atom. The molecular weight excluding hydrogens is 390 g/mol. The smallest absolute Gasteiger partial charge is 0.196 e. The fourth-order valence-electron chi connectivity index (χ4n) is 3.08. The monoisotopic (exact) mass is 409 g/mol. The lowest BCUT2D eigenvalue weighted by atomic mass is 10.2. The van der Waals surface area contributed by atoms with Crippen LogP contribution in [0.1, 0.15) is 25.9 Å². The van der Waals surface area contributed by atoms with E-state index in [0.29, 0.717) is 16.7 Å². The van der Waals surface area contributed by atoms with Gasteiger partial charge in [-0.2, -0.15) is 0 Å². The molecule has 0 bridgehead atoms. The van der Waals surface area contributed by atoms with Gasteiger partial charge in [0.25, 0.3) is 0 Å². The molecule has 0 saturated heterocycles. The molecule has 4 rings (SSSR count). The zero-order valence-electron chi connectivity index (χ0n) is 15.8. The molecule has 7 heteroatoms. The van der Waals surface area contributed by atoms with Gasteiger partial charge in [-0.3, -0.25) is 9.36 Å². The number of Topliss-reactive ketones (excluding diaryl/α,β-unsaturated/α-hetero) is 1. The van der Waals surface area contributed by atoms with E-state index in [1.54, 1.807) is 17.6 Å². The topological polar surface area (TPSA) is 60.9 Å². The molecule has 0 amide bonds. The van der Waals surface area contributed by atoms with Crippen molar-refractivity contribution in [1.82, 2.24) is 14.8 Å². The van der Waals surface area contributed by atoms with Crippen LogP contribution in [0.15, 0.2) is 58.3 Å². The predicted octanol–water partition coefficient (Wildman–Crippen LogP) is 5.49. The second kappa shape index (κ2) is 7.77. The van der Waals surface area contributed by atoms with Gasteiger partial charge >= 0.3 is 0 Å². The molecule has 0 N–H and O–H groups in total. The molecule has 1 aromatic carbocycles. The minimum atomic E-state index is 0.107. The number of ketones is 1. The maximum Gasteiger partial charge on any atom is 0.196 e. The van der Waals surface area contributed by atoms with E-state index in [0.717, 1.165) is 32.3 Å². The summed E-state index contributed by atoms with van der Waals surface area (Å²) in [7, 11) is 0. The Balaban J connectivity index is 1.68. The molecule has 4 aromatic rings. The Morgan fingerprint density at radius 2 is 1.93 bits per heavy atom. The number of hydrogen-bond acceptors (Lipinski definition) is 6. The molecule has 0 aliphatic carbocycles. The molecule has 0 aliphatic rings. The fraction of sp³-hybridized carbons (Fsp3) is 0.190. The SMILES string of the molecule is Cc1cc(C(=O)CSc2nnc(-c3ccoc3C)n2-c2ccccc2)c(C)s1. The number of carbonyl (C=O) groups is 1. The molecule has 28 heavy (non-hydrogen) atoms. The molecule has 0 radical (unpaired) electrons. The van der Waals surface area contributed by atoms with Crippen LogP contribution in [0.5, 0.6) is 0 Å². The number of furan rings is 1. The quantitative estimate of drug-likeness (QED) is 0.311. The third kappa shape index (κ3) is 3.55. The summed E-state index contributed by atoms with van der Waals surface area (Å²) in [5.41, 5.74) is 2.63. The van der Waals surface area contributed by atoms with Crippen molar-refractivity contribution in [3.63, 3.8) is 0 Å². The molecule has 0 saturated carbocycles. The Hall–Kier alpha value is -2.64. The number of rotatable bonds is 6. The predicted molar refractivity (Wildman–Crippen MR) is 113 cm³/mol. The first-order chi connectivity index (χ1) is 13.5. The van der Waals surface area contributed by atoms with Gasteiger partial charge in [-0.05, 0) is 45.0 Å². The van der Waals surface area contributed by atoms with Gasteiger partial charge < -0.3 is 4.42 Å². The van der Waals surface area contributed by atoms with E-state index < -0.39 is 0 Å². The van der Waals surface area contributed by atoms with Crippen molar-refractivity contribution in [1.29, 1.82) is 0 Å². The molecule has 0 unspecified atom stereocenters. The zero-order valence-corrected chi connectivity index (χ0v) is 17.4. The van der Waals surface area contributed by atoms with Crippen molar-refractivity contribution in [2.75, 3.05) is 5.75 Å². The van der Waals surface area contributed by atoms with Crippen molar-refractivity contribution < 1.29 is 9.21 Å². The third-order valence-electron chi connectivity index (χ3n) is 4.42. The number of aryl methyl sites for hydroxylation is 3. The highest BCUT2D eigenvalue weighted by Crippen LogP contribution is 2.31. The summed E-state index contributed by atoms with van der Waals surface area (Å²) in [6.45, 7) is 5.91. The van der Waals surface area contributed by atoms with E-state index in [1.165, 1.54) is 11.8 Å². The summed E-state index contributed by atoms with van der Waals surface area (Å²) in [6.07, 6.45) is 1.65. The van der Waals surface area contributed by atoms with Crippen LogP contribution in [0, 0.1) is 20.8 Å². The summed E-state index contributed by atoms with van der Waals surface area (Å²) in [5.74, 6) is 1.90. The fourth-order valence-corrected chi connectivity index (χ4v) is 4.86. The van der Waals surface area contributed by atoms with Crippen LogP contribution in [-0.4, -0.2) is 26.3 Å². The normalized spacial score (nSPS) is 11.1. The summed E-state index contributed by atoms with van der Waals surface area (Å²) in [6, 6.07) is 13.8. The van der Waals surface area contributed by atoms with E-state index in [2.05, 4.69) is 10.2 Å². The number of nitrogens with zero attached hydrogens (tertiary/aromatic N) is 3. The average molecular weight is 410 g/mol. The summed E-state index contributed by atoms with van der Waals surface area (Å²) in [4.78, 5) is 14.9. The Morgan fingerprint density at radius 1 is 1.14 bits per heavy atom. The van der Waals surface area contributed by atoms with Crippen molar-refractivity contribution >= 4 is 28.9 Å². The van der Waals surface area contributed by atoms with Gasteiger partial charge in [-0.1, -0.05) is 30.0 Å². The average Bonchev–Trinajstić information content (AvgIpc) is 3.38. The van der Waals surface area contributed by atoms with Crippen molar-refractivity contribution in [2.45, 2.75) is 25.9 Å². The van der Waals surface area contributed by atoms with Crippen LogP contribution in [0.4, 0.5) is 0 Å². The number of para-hydroxylation sites is 1. The number of carbonyl (C=O) groups excluding carboxylic acids is 1. The van der Waals surface area contributed by atoms with Gasteiger partial charge in [0.2, 0.25) is 0 Å². The first-order valence-corrected chi connectivity index (χ1v) is 10.6. The standard InChI is InChI=1S/C21H19N3O2S2/c1-13-11-18(15(3)28-13)19(25)12-27-21-23-22-20(17-9-10-26-14(17)2)24(21)16-7-5-4-6-8-16/h4-11H,12H2,1-3H3. The molecule has 142 valence electrons. The second-order valence-electron chi connectivity index (χ2n) is 6.41. The second-order valence-corrected chi connectivity index (χ2v) is 8.81. The lowest BCUT2D eigenvalue weighted by molar-refractivity contribution is 0.102. The van der Waals surface area contributed by atoms with Crippen LogP contribution >= 0.6 is 23.1 Å². The highest BCUT2D eigenvalue weighted by atomic mass is 32.2. The Labute approximate surface area is 171 Å². The van der Waals surface area contributed by atoms with Gasteiger partial charge in [-0.15, -0.1) is 21.5 Å². The number of aromatic nitrogens is 3. The van der Waals surface area contributed by atoms with Crippen LogP contribution in [0.25, 0.3) is 17.1 Å². The van der Waals surface area contributed by atoms with Gasteiger partial charge in [0.15, 0.2) is 16.8 Å². The third-order valence-corrected chi connectivity index (χ3v) is 6.32. The Bertz CT molecular complexity index is 1130. The number of benzene rings is 1. The lowest BCUT2D eigenvalue weighted by Crippen LogP contribution is -2.05. The minimum absolute atomic E-state index is 0.107. The molecular formula is C21H19N3O2S2. The van der Waals surface area contributed by atoms with Crippen molar-refractivity contribution in [2.24, 2.45) is 0 Å². The van der Waals surface area contributed by atoms with E-state index in [1.807, 2.05) is 67.8 Å². The maximum atomic E-state index is 12.7. The molecule has 0 atom stereocenters. The van der Waals surface area contributed by atoms with Crippen LogP contribution in [-0.2, 0) is 0 Å². The Kier molecular flexibility index (Phi) is 5.19. The molecule has 3 heterocycles. The highest BCUT2D eigenvalue weighted by molar-refractivity contribution is 7.99. The van der Waals surface area contributed by atoms with Crippen molar-refractivity contribution in [3.05, 3.63) is 69.8 Å². The lowest BCUT2D eigenvalue weighted by Gasteiger charge is -2.09. The number of thioether (sulfide) groups is 1. The van der Waals surface area contributed by atoms with Crippen LogP contribution in [0.2, 0.25) is 0 Å². The largest absolute Gasteiger partial charge is 0.469 e. The number of hydrogen-bond donors (Lipinski definition) is 0. The molecule has 5 nitrogen and oxygen atoms in total. The molecule has 0 spiro atoms. The molecule has 0 fully saturated rings. The van der Waals surface area contributed by atoms with Gasteiger partial charge in [0.05, 0.1) is 17.6 Å². The zero-order chi connectivity index (χ0) is 19.7. The van der Waals surface area contributed by atoms with E-state index in [9.17, 15) is 4.79 Å². The first-order valence-electron chi connectivity index (χ1n) is 8.83.